The van der Waals surface area contributed by atoms with Crippen molar-refractivity contribution in [3.8, 4) is 0 Å². The first-order chi connectivity index (χ1) is 7.58. The quantitative estimate of drug-likeness (QED) is 0.724. The third kappa shape index (κ3) is 1.91. The summed E-state index contributed by atoms with van der Waals surface area (Å²) in [5.41, 5.74) is 8.34. The van der Waals surface area contributed by atoms with Crippen LogP contribution in [0.15, 0.2) is 29.4 Å². The Balaban J connectivity index is 2.36. The molecular formula is C12H15N3O. The predicted molar refractivity (Wildman–Crippen MR) is 63.9 cm³/mol. The van der Waals surface area contributed by atoms with Gasteiger partial charge in [0, 0.05) is 25.1 Å². The van der Waals surface area contributed by atoms with E-state index in [-0.39, 0.29) is 11.8 Å². The second kappa shape index (κ2) is 3.96. The number of nitrogen functional groups attached to an aromatic ring is 1. The minimum absolute atomic E-state index is 0.0618. The number of nitrogens with two attached hydrogens (primary N) is 1. The van der Waals surface area contributed by atoms with E-state index in [0.29, 0.717) is 6.42 Å². The summed E-state index contributed by atoms with van der Waals surface area (Å²) >= 11 is 0. The maximum Gasteiger partial charge on any atom is 0.243 e. The van der Waals surface area contributed by atoms with Crippen molar-refractivity contribution in [1.29, 1.82) is 0 Å². The molecule has 16 heavy (non-hydrogen) atoms. The van der Waals surface area contributed by atoms with Crippen LogP contribution in [0.3, 0.4) is 0 Å². The van der Waals surface area contributed by atoms with Gasteiger partial charge in [0.05, 0.1) is 5.71 Å². The van der Waals surface area contributed by atoms with E-state index >= 15 is 0 Å². The van der Waals surface area contributed by atoms with E-state index < -0.39 is 0 Å². The zero-order valence-electron chi connectivity index (χ0n) is 9.47. The van der Waals surface area contributed by atoms with Gasteiger partial charge in [0.25, 0.3) is 0 Å². The molecule has 0 aromatic heterocycles. The molecule has 0 spiro atoms. The lowest BCUT2D eigenvalue weighted by molar-refractivity contribution is -0.131. The predicted octanol–water partition coefficient (Wildman–Crippen LogP) is 1.47. The van der Waals surface area contributed by atoms with Crippen molar-refractivity contribution < 1.29 is 4.79 Å². The summed E-state index contributed by atoms with van der Waals surface area (Å²) in [5.74, 6) is 0.221. The molecule has 1 atom stereocenters. The first-order valence-electron chi connectivity index (χ1n) is 5.29. The lowest BCUT2D eigenvalue weighted by Gasteiger charge is -2.24. The van der Waals surface area contributed by atoms with Crippen LogP contribution in [0.5, 0.6) is 0 Å². The molecule has 1 heterocycles. The standard InChI is InChI=1S/C12H15N3O/c1-8-7-11(16)15(2)14-12(8)9-3-5-10(13)6-4-9/h3-6,8H,7,13H2,1-2H3. The van der Waals surface area contributed by atoms with Crippen LogP contribution in [0.1, 0.15) is 18.9 Å². The molecule has 0 saturated heterocycles. The number of benzene rings is 1. The fourth-order valence-electron chi connectivity index (χ4n) is 1.80. The minimum Gasteiger partial charge on any atom is -0.399 e. The van der Waals surface area contributed by atoms with Gasteiger partial charge in [-0.05, 0) is 17.7 Å². The SMILES string of the molecule is CC1CC(=O)N(C)N=C1c1ccc(N)cc1. The summed E-state index contributed by atoms with van der Waals surface area (Å²) in [7, 11) is 1.69. The molecule has 84 valence electrons. The van der Waals surface area contributed by atoms with Crippen molar-refractivity contribution in [2.24, 2.45) is 11.0 Å². The van der Waals surface area contributed by atoms with Gasteiger partial charge in [-0.3, -0.25) is 4.79 Å². The molecule has 4 heteroatoms. The third-order valence-electron chi connectivity index (χ3n) is 2.77. The molecule has 1 aliphatic rings. The molecule has 1 aromatic carbocycles. The maximum atomic E-state index is 11.4. The smallest absolute Gasteiger partial charge is 0.243 e. The first-order valence-corrected chi connectivity index (χ1v) is 5.29. The number of rotatable bonds is 1. The van der Waals surface area contributed by atoms with Crippen LogP contribution < -0.4 is 5.73 Å². The van der Waals surface area contributed by atoms with Crippen LogP contribution in [-0.4, -0.2) is 23.7 Å². The number of hydrogen-bond donors (Lipinski definition) is 1. The average Bonchev–Trinajstić information content (AvgIpc) is 2.25. The molecule has 0 bridgehead atoms. The molecule has 0 aliphatic carbocycles. The highest BCUT2D eigenvalue weighted by Gasteiger charge is 2.24. The Labute approximate surface area is 94.7 Å². The van der Waals surface area contributed by atoms with E-state index in [1.807, 2.05) is 31.2 Å². The lowest BCUT2D eigenvalue weighted by atomic mass is 9.94. The van der Waals surface area contributed by atoms with Crippen LogP contribution in [0.25, 0.3) is 0 Å². The normalized spacial score (nSPS) is 20.9. The van der Waals surface area contributed by atoms with Gasteiger partial charge in [-0.1, -0.05) is 19.1 Å². The summed E-state index contributed by atoms with van der Waals surface area (Å²) in [6, 6.07) is 7.57. The van der Waals surface area contributed by atoms with Crippen molar-refractivity contribution in [2.45, 2.75) is 13.3 Å². The lowest BCUT2D eigenvalue weighted by Crippen LogP contribution is -2.33. The number of anilines is 1. The molecular weight excluding hydrogens is 202 g/mol. The van der Waals surface area contributed by atoms with Gasteiger partial charge < -0.3 is 5.73 Å². The third-order valence-corrected chi connectivity index (χ3v) is 2.77. The summed E-state index contributed by atoms with van der Waals surface area (Å²) in [4.78, 5) is 11.4. The zero-order valence-corrected chi connectivity index (χ0v) is 9.47. The van der Waals surface area contributed by atoms with E-state index in [1.165, 1.54) is 5.01 Å². The van der Waals surface area contributed by atoms with Gasteiger partial charge in [0.2, 0.25) is 5.91 Å². The summed E-state index contributed by atoms with van der Waals surface area (Å²) in [5, 5.41) is 5.71. The topological polar surface area (TPSA) is 58.7 Å². The molecule has 0 fully saturated rings. The Hall–Kier alpha value is -1.84. The number of amides is 1. The molecule has 1 amide bonds. The Morgan fingerprint density at radius 3 is 2.62 bits per heavy atom. The Morgan fingerprint density at radius 1 is 1.38 bits per heavy atom. The summed E-state index contributed by atoms with van der Waals surface area (Å²) in [6.45, 7) is 2.01. The molecule has 1 aliphatic heterocycles. The second-order valence-electron chi connectivity index (χ2n) is 4.13. The van der Waals surface area contributed by atoms with Crippen LogP contribution in [0.4, 0.5) is 5.69 Å². The van der Waals surface area contributed by atoms with E-state index in [4.69, 9.17) is 5.73 Å². The Bertz CT molecular complexity index is 436. The average molecular weight is 217 g/mol. The fourth-order valence-corrected chi connectivity index (χ4v) is 1.80. The molecule has 4 nitrogen and oxygen atoms in total. The maximum absolute atomic E-state index is 11.4. The fraction of sp³-hybridized carbons (Fsp3) is 0.333. The second-order valence-corrected chi connectivity index (χ2v) is 4.13. The highest BCUT2D eigenvalue weighted by atomic mass is 16.2. The number of hydrogen-bond acceptors (Lipinski definition) is 3. The largest absolute Gasteiger partial charge is 0.399 e. The van der Waals surface area contributed by atoms with Gasteiger partial charge >= 0.3 is 0 Å². The van der Waals surface area contributed by atoms with Gasteiger partial charge in [-0.15, -0.1) is 0 Å². The minimum atomic E-state index is 0.0618. The molecule has 1 aromatic rings. The van der Waals surface area contributed by atoms with Crippen molar-refractivity contribution in [2.75, 3.05) is 12.8 Å². The van der Waals surface area contributed by atoms with Crippen LogP contribution >= 0.6 is 0 Å². The van der Waals surface area contributed by atoms with Gasteiger partial charge in [0.15, 0.2) is 0 Å². The molecule has 0 radical (unpaired) electrons. The monoisotopic (exact) mass is 217 g/mol. The Kier molecular flexibility index (Phi) is 2.64. The van der Waals surface area contributed by atoms with Crippen LogP contribution in [-0.2, 0) is 4.79 Å². The van der Waals surface area contributed by atoms with Crippen molar-refractivity contribution >= 4 is 17.3 Å². The number of hydrazone groups is 1. The highest BCUT2D eigenvalue weighted by molar-refractivity contribution is 6.05. The van der Waals surface area contributed by atoms with Gasteiger partial charge in [-0.25, -0.2) is 5.01 Å². The zero-order chi connectivity index (χ0) is 11.7. The summed E-state index contributed by atoms with van der Waals surface area (Å²) < 4.78 is 0. The van der Waals surface area contributed by atoms with E-state index in [2.05, 4.69) is 5.10 Å². The van der Waals surface area contributed by atoms with Crippen molar-refractivity contribution in [3.63, 3.8) is 0 Å². The molecule has 1 unspecified atom stereocenters. The number of carbonyl (C=O) groups excluding carboxylic acids is 1. The highest BCUT2D eigenvalue weighted by Crippen LogP contribution is 2.20. The molecule has 2 N–H and O–H groups in total. The summed E-state index contributed by atoms with van der Waals surface area (Å²) in [6.07, 6.45) is 0.514. The van der Waals surface area contributed by atoms with Gasteiger partial charge in [-0.2, -0.15) is 5.10 Å². The number of carbonyl (C=O) groups is 1. The van der Waals surface area contributed by atoms with Crippen molar-refractivity contribution in [1.82, 2.24) is 5.01 Å². The Morgan fingerprint density at radius 2 is 2.00 bits per heavy atom. The first kappa shape index (κ1) is 10.7. The molecule has 0 saturated carbocycles. The van der Waals surface area contributed by atoms with Gasteiger partial charge in [0.1, 0.15) is 0 Å². The molecule has 2 rings (SSSR count). The van der Waals surface area contributed by atoms with Crippen LogP contribution in [0, 0.1) is 5.92 Å². The van der Waals surface area contributed by atoms with Crippen LogP contribution in [0.2, 0.25) is 0 Å². The van der Waals surface area contributed by atoms with E-state index in [0.717, 1.165) is 17.0 Å². The van der Waals surface area contributed by atoms with E-state index in [9.17, 15) is 4.79 Å². The number of nitrogens with zero attached hydrogens (tertiary/aromatic N) is 2. The van der Waals surface area contributed by atoms with E-state index in [1.54, 1.807) is 7.05 Å². The van der Waals surface area contributed by atoms with Crippen molar-refractivity contribution in [3.05, 3.63) is 29.8 Å².